The number of hydrogen-bond donors (Lipinski definition) is 1. The maximum Gasteiger partial charge on any atom is 0.251 e. The van der Waals surface area contributed by atoms with Crippen molar-refractivity contribution >= 4 is 34.5 Å². The van der Waals surface area contributed by atoms with Crippen LogP contribution in [-0.4, -0.2) is 56.2 Å². The van der Waals surface area contributed by atoms with Crippen LogP contribution >= 0.6 is 0 Å². The molecule has 5 aromatic rings. The lowest BCUT2D eigenvalue weighted by Crippen LogP contribution is -2.26. The van der Waals surface area contributed by atoms with Gasteiger partial charge < -0.3 is 28.8 Å². The second kappa shape index (κ2) is 18.8. The first kappa shape index (κ1) is 37.9. The molecule has 1 unspecified atom stereocenters. The summed E-state index contributed by atoms with van der Waals surface area (Å²) < 4.78 is 28.6. The molecule has 0 fully saturated rings. The van der Waals surface area contributed by atoms with Gasteiger partial charge in [0.15, 0.2) is 10.6 Å². The van der Waals surface area contributed by atoms with Crippen LogP contribution in [0.1, 0.15) is 62.8 Å². The molecule has 53 heavy (non-hydrogen) atoms. The van der Waals surface area contributed by atoms with Gasteiger partial charge in [-0.25, -0.2) is 4.98 Å². The third-order valence-electron chi connectivity index (χ3n) is 9.24. The maximum absolute atomic E-state index is 13.8. The second-order valence-electron chi connectivity index (χ2n) is 13.4. The molecule has 1 aliphatic heterocycles. The fraction of sp³-hybridized carbons (Fsp3) is 0.357. The molecule has 1 atom stereocenters. The number of hydrogen-bond acceptors (Lipinski definition) is 7. The van der Waals surface area contributed by atoms with E-state index in [9.17, 15) is 9.35 Å². The fourth-order valence-corrected chi connectivity index (χ4v) is 7.55. The predicted molar refractivity (Wildman–Crippen MR) is 212 cm³/mol. The molecule has 0 spiro atoms. The predicted octanol–water partition coefficient (Wildman–Crippen LogP) is 8.02. The molecule has 1 amide bonds. The molecule has 3 heterocycles. The lowest BCUT2D eigenvalue weighted by Gasteiger charge is -2.29. The van der Waals surface area contributed by atoms with Crippen molar-refractivity contribution in [2.75, 3.05) is 36.6 Å². The van der Waals surface area contributed by atoms with Crippen LogP contribution in [0, 0.1) is 0 Å². The Kier molecular flexibility index (Phi) is 13.4. The van der Waals surface area contributed by atoms with E-state index < -0.39 is 11.2 Å². The van der Waals surface area contributed by atoms with Crippen molar-refractivity contribution in [3.63, 3.8) is 0 Å². The van der Waals surface area contributed by atoms with E-state index in [2.05, 4.69) is 64.5 Å². The van der Waals surface area contributed by atoms with E-state index in [1.165, 1.54) is 0 Å². The van der Waals surface area contributed by atoms with Gasteiger partial charge in [-0.05, 0) is 108 Å². The van der Waals surface area contributed by atoms with E-state index in [0.717, 1.165) is 91.3 Å². The number of rotatable bonds is 17. The highest BCUT2D eigenvalue weighted by Gasteiger charge is 2.21. The van der Waals surface area contributed by atoms with E-state index in [0.29, 0.717) is 41.5 Å². The summed E-state index contributed by atoms with van der Waals surface area (Å²) in [6.45, 7) is 8.47. The van der Waals surface area contributed by atoms with Crippen LogP contribution in [0.4, 0.5) is 11.4 Å². The number of imidazole rings is 1. The lowest BCUT2D eigenvalue weighted by atomic mass is 9.96. The molecule has 278 valence electrons. The Labute approximate surface area is 316 Å². The van der Waals surface area contributed by atoms with Crippen molar-refractivity contribution in [2.24, 2.45) is 7.05 Å². The monoisotopic (exact) mass is 734 g/mol. The Morgan fingerprint density at radius 1 is 0.962 bits per heavy atom. The van der Waals surface area contributed by atoms with Crippen molar-refractivity contribution in [1.29, 1.82) is 0 Å². The van der Waals surface area contributed by atoms with Crippen LogP contribution in [0.5, 0.6) is 5.75 Å². The van der Waals surface area contributed by atoms with Gasteiger partial charge in [0, 0.05) is 62.0 Å². The fourth-order valence-electron chi connectivity index (χ4n) is 6.44. The number of ether oxygens (including phenoxy) is 2. The average molecular weight is 735 g/mol. The summed E-state index contributed by atoms with van der Waals surface area (Å²) in [5.41, 5.74) is 7.62. The Bertz CT molecular complexity index is 1950. The van der Waals surface area contributed by atoms with Crippen LogP contribution in [-0.2, 0) is 46.6 Å². The van der Waals surface area contributed by atoms with Gasteiger partial charge in [0.2, 0.25) is 0 Å². The SMILES string of the molecule is CCCCOCCOc1ccc(-c2ccc3c(c2)/C=C(/C(=O)Nc2ccc([S+]([O-])Cc4cncn4CCC)cc2)CCCN3Cc2cnn(C)c2)cc1. The Morgan fingerprint density at radius 3 is 2.53 bits per heavy atom. The summed E-state index contributed by atoms with van der Waals surface area (Å²) in [4.78, 5) is 21.1. The molecule has 0 bridgehead atoms. The Hall–Kier alpha value is -4.84. The van der Waals surface area contributed by atoms with Crippen LogP contribution in [0.15, 0.2) is 102 Å². The largest absolute Gasteiger partial charge is 0.611 e. The van der Waals surface area contributed by atoms with Gasteiger partial charge in [0.1, 0.15) is 12.4 Å². The number of carbonyl (C=O) groups is 1. The minimum atomic E-state index is -1.23. The molecule has 0 saturated heterocycles. The zero-order valence-corrected chi connectivity index (χ0v) is 31.8. The quantitative estimate of drug-likeness (QED) is 0.0762. The summed E-state index contributed by atoms with van der Waals surface area (Å²) >= 11 is -1.23. The molecular formula is C42H50N6O4S. The van der Waals surface area contributed by atoms with Crippen LogP contribution < -0.4 is 15.0 Å². The van der Waals surface area contributed by atoms with E-state index in [4.69, 9.17) is 9.47 Å². The van der Waals surface area contributed by atoms with Crippen molar-refractivity contribution < 1.29 is 18.8 Å². The molecule has 1 N–H and O–H groups in total. The number of nitrogens with one attached hydrogen (secondary N) is 1. The normalized spacial score (nSPS) is 14.5. The van der Waals surface area contributed by atoms with Crippen LogP contribution in [0.3, 0.4) is 0 Å². The molecule has 2 aromatic heterocycles. The topological polar surface area (TPSA) is 110 Å². The zero-order chi connectivity index (χ0) is 37.0. The number of carbonyl (C=O) groups excluding carboxylic acids is 1. The summed E-state index contributed by atoms with van der Waals surface area (Å²) in [5.74, 6) is 1.06. The molecule has 1 aliphatic rings. The number of amides is 1. The summed E-state index contributed by atoms with van der Waals surface area (Å²) in [5, 5.41) is 7.48. The van der Waals surface area contributed by atoms with E-state index >= 15 is 0 Å². The van der Waals surface area contributed by atoms with Crippen molar-refractivity contribution in [3.8, 4) is 16.9 Å². The first-order valence-corrected chi connectivity index (χ1v) is 19.9. The smallest absolute Gasteiger partial charge is 0.251 e. The summed E-state index contributed by atoms with van der Waals surface area (Å²) in [6.07, 6.45) is 14.2. The van der Waals surface area contributed by atoms with E-state index in [1.54, 1.807) is 12.5 Å². The highest BCUT2D eigenvalue weighted by atomic mass is 32.2. The van der Waals surface area contributed by atoms with Gasteiger partial charge in [-0.2, -0.15) is 5.10 Å². The lowest BCUT2D eigenvalue weighted by molar-refractivity contribution is -0.112. The van der Waals surface area contributed by atoms with Crippen molar-refractivity contribution in [2.45, 2.75) is 69.7 Å². The van der Waals surface area contributed by atoms with Gasteiger partial charge in [-0.15, -0.1) is 0 Å². The number of anilines is 2. The van der Waals surface area contributed by atoms with Gasteiger partial charge in [-0.3, -0.25) is 9.48 Å². The molecule has 10 nitrogen and oxygen atoms in total. The Morgan fingerprint density at radius 2 is 1.77 bits per heavy atom. The molecule has 11 heteroatoms. The zero-order valence-electron chi connectivity index (χ0n) is 31.0. The molecular weight excluding hydrogens is 685 g/mol. The van der Waals surface area contributed by atoms with Crippen molar-refractivity contribution in [1.82, 2.24) is 19.3 Å². The second-order valence-corrected chi connectivity index (χ2v) is 14.8. The number of aryl methyl sites for hydroxylation is 2. The molecule has 3 aromatic carbocycles. The molecule has 0 saturated carbocycles. The van der Waals surface area contributed by atoms with Gasteiger partial charge >= 0.3 is 0 Å². The van der Waals surface area contributed by atoms with Gasteiger partial charge in [0.05, 0.1) is 31.0 Å². The first-order valence-electron chi connectivity index (χ1n) is 18.6. The number of nitrogens with zero attached hydrogens (tertiary/aromatic N) is 5. The number of fused-ring (bicyclic) bond motifs is 1. The first-order chi connectivity index (χ1) is 25.9. The minimum absolute atomic E-state index is 0.139. The number of benzene rings is 3. The summed E-state index contributed by atoms with van der Waals surface area (Å²) in [7, 11) is 1.93. The average Bonchev–Trinajstić information content (AvgIpc) is 3.79. The minimum Gasteiger partial charge on any atom is -0.611 e. The number of aromatic nitrogens is 4. The molecule has 0 aliphatic carbocycles. The Balaban J connectivity index is 1.18. The third-order valence-corrected chi connectivity index (χ3v) is 10.6. The van der Waals surface area contributed by atoms with E-state index in [1.807, 2.05) is 71.2 Å². The molecule has 0 radical (unpaired) electrons. The third kappa shape index (κ3) is 10.4. The van der Waals surface area contributed by atoms with Crippen LogP contribution in [0.25, 0.3) is 17.2 Å². The van der Waals surface area contributed by atoms with Crippen LogP contribution in [0.2, 0.25) is 0 Å². The highest BCUT2D eigenvalue weighted by molar-refractivity contribution is 7.90. The highest BCUT2D eigenvalue weighted by Crippen LogP contribution is 2.34. The standard InChI is InChI=1S/C42H50N6O4S/c1-4-6-21-51-22-23-52-39-14-9-33(10-15-39)34-11-18-41-36(24-34)25-35(8-7-20-47(41)29-32-26-44-46(3)28-32)42(49)45-37-12-16-40(17-13-37)53(50)30-38-27-43-31-48(38)19-5-2/h9-18,24-28,31H,4-8,19-23,29-30H2,1-3H3,(H,45,49)/b35-25+. The number of unbranched alkanes of at least 4 members (excludes halogenated alkanes) is 1. The van der Waals surface area contributed by atoms with E-state index in [-0.39, 0.29) is 5.91 Å². The van der Waals surface area contributed by atoms with Gasteiger partial charge in [-0.1, -0.05) is 38.5 Å². The van der Waals surface area contributed by atoms with Crippen molar-refractivity contribution in [3.05, 3.63) is 114 Å². The maximum atomic E-state index is 13.8. The van der Waals surface area contributed by atoms with Gasteiger partial charge in [0.25, 0.3) is 5.91 Å². The molecule has 6 rings (SSSR count). The summed E-state index contributed by atoms with van der Waals surface area (Å²) in [6, 6.07) is 21.9.